The van der Waals surface area contributed by atoms with E-state index < -0.39 is 18.2 Å². The molecule has 3 rings (SSSR count). The average Bonchev–Trinajstić information content (AvgIpc) is 3.31. The van der Waals surface area contributed by atoms with Crippen LogP contribution in [0.15, 0.2) is 24.3 Å². The van der Waals surface area contributed by atoms with Crippen molar-refractivity contribution < 1.29 is 34.0 Å². The molecule has 0 saturated carbocycles. The number of fused-ring (bicyclic) bond motifs is 3. The molecule has 0 aliphatic carbocycles. The number of ether oxygens (including phenoxy) is 3. The summed E-state index contributed by atoms with van der Waals surface area (Å²) in [4.78, 5) is 24.1. The van der Waals surface area contributed by atoms with Crippen molar-refractivity contribution in [2.24, 2.45) is 0 Å². The molecule has 1 aromatic carbocycles. The number of esters is 1. The molecule has 2 heterocycles. The molecule has 7 nitrogen and oxygen atoms in total. The quantitative estimate of drug-likeness (QED) is 0.587. The molecule has 0 radical (unpaired) electrons. The Balaban J connectivity index is 1.93. The van der Waals surface area contributed by atoms with E-state index in [1.807, 2.05) is 0 Å². The number of phenols is 1. The fourth-order valence-electron chi connectivity index (χ4n) is 2.94. The van der Waals surface area contributed by atoms with Gasteiger partial charge in [0.1, 0.15) is 23.2 Å². The lowest BCUT2D eigenvalue weighted by molar-refractivity contribution is -0.116. The van der Waals surface area contributed by atoms with Crippen molar-refractivity contribution in [2.75, 3.05) is 13.7 Å². The van der Waals surface area contributed by atoms with Crippen molar-refractivity contribution in [1.82, 2.24) is 0 Å². The lowest BCUT2D eigenvalue weighted by Gasteiger charge is -2.13. The van der Waals surface area contributed by atoms with Crippen LogP contribution in [0.4, 0.5) is 0 Å². The van der Waals surface area contributed by atoms with Crippen molar-refractivity contribution in [1.29, 1.82) is 0 Å². The van der Waals surface area contributed by atoms with Crippen LogP contribution in [0.3, 0.4) is 0 Å². The summed E-state index contributed by atoms with van der Waals surface area (Å²) < 4.78 is 15.9. The largest absolute Gasteiger partial charge is 0.507 e. The van der Waals surface area contributed by atoms with Gasteiger partial charge in [0.05, 0.1) is 25.9 Å². The highest BCUT2D eigenvalue weighted by Crippen LogP contribution is 2.46. The number of phenolic OH excluding ortho intramolecular Hbond substituents is 1. The van der Waals surface area contributed by atoms with Gasteiger partial charge in [0.25, 0.3) is 0 Å². The summed E-state index contributed by atoms with van der Waals surface area (Å²) in [5.41, 5.74) is 0.498. The first kappa shape index (κ1) is 17.4. The third kappa shape index (κ3) is 4.00. The fraction of sp³-hybridized carbons (Fsp3) is 0.444. The highest BCUT2D eigenvalue weighted by molar-refractivity contribution is 5.95. The summed E-state index contributed by atoms with van der Waals surface area (Å²) in [7, 11) is 1.45. The predicted molar refractivity (Wildman–Crippen MR) is 86.6 cm³/mol. The normalized spacial score (nSPS) is 28.2. The molecular formula is C18H20O7. The topological polar surface area (TPSA) is 106 Å². The van der Waals surface area contributed by atoms with E-state index in [2.05, 4.69) is 0 Å². The number of aliphatic hydroxyl groups is 1. The van der Waals surface area contributed by atoms with Gasteiger partial charge in [0.15, 0.2) is 5.78 Å². The molecule has 1 saturated heterocycles. The van der Waals surface area contributed by atoms with E-state index >= 15 is 0 Å². The third-order valence-electron chi connectivity index (χ3n) is 4.21. The van der Waals surface area contributed by atoms with Gasteiger partial charge in [-0.25, -0.2) is 4.79 Å². The van der Waals surface area contributed by atoms with Crippen LogP contribution in [0.2, 0.25) is 0 Å². The second-order valence-electron chi connectivity index (χ2n) is 6.09. The molecule has 7 heteroatoms. The van der Waals surface area contributed by atoms with E-state index in [1.54, 1.807) is 12.1 Å². The molecule has 0 unspecified atom stereocenters. The minimum Gasteiger partial charge on any atom is -0.507 e. The van der Waals surface area contributed by atoms with Crippen molar-refractivity contribution >= 4 is 11.8 Å². The maximum atomic E-state index is 12.4. The first-order valence-corrected chi connectivity index (χ1v) is 8.10. The Bertz CT molecular complexity index is 710. The Hall–Kier alpha value is -2.38. The van der Waals surface area contributed by atoms with Gasteiger partial charge in [-0.3, -0.25) is 4.79 Å². The van der Waals surface area contributed by atoms with Gasteiger partial charge in [-0.2, -0.15) is 0 Å². The Morgan fingerprint density at radius 2 is 2.08 bits per heavy atom. The molecule has 2 aliphatic rings. The monoisotopic (exact) mass is 348 g/mol. The molecule has 0 aromatic heterocycles. The highest BCUT2D eigenvalue weighted by Gasteiger charge is 2.44. The lowest BCUT2D eigenvalue weighted by atomic mass is 9.98. The molecule has 25 heavy (non-hydrogen) atoms. The fourth-order valence-corrected chi connectivity index (χ4v) is 2.94. The van der Waals surface area contributed by atoms with Crippen molar-refractivity contribution in [2.45, 2.75) is 37.6 Å². The zero-order chi connectivity index (χ0) is 18.0. The summed E-state index contributed by atoms with van der Waals surface area (Å²) in [6, 6.07) is 2.96. The number of allylic oxidation sites excluding steroid dienone is 1. The smallest absolute Gasteiger partial charge is 0.342 e. The van der Waals surface area contributed by atoms with Crippen molar-refractivity contribution in [3.63, 3.8) is 0 Å². The van der Waals surface area contributed by atoms with Crippen LogP contribution in [0.1, 0.15) is 41.3 Å². The number of carbonyl (C=O) groups is 2. The molecule has 134 valence electrons. The number of methoxy groups -OCH3 is 1. The van der Waals surface area contributed by atoms with Crippen molar-refractivity contribution in [3.05, 3.63) is 35.4 Å². The lowest BCUT2D eigenvalue weighted by Crippen LogP contribution is -2.16. The number of epoxide rings is 1. The first-order valence-electron chi connectivity index (χ1n) is 8.10. The Morgan fingerprint density at radius 1 is 1.28 bits per heavy atom. The number of rotatable bonds is 1. The zero-order valence-corrected chi connectivity index (χ0v) is 13.8. The Kier molecular flexibility index (Phi) is 5.06. The highest BCUT2D eigenvalue weighted by atomic mass is 16.6. The number of aromatic hydroxyl groups is 1. The van der Waals surface area contributed by atoms with E-state index in [0.717, 1.165) is 0 Å². The summed E-state index contributed by atoms with van der Waals surface area (Å²) >= 11 is 0. The Morgan fingerprint density at radius 3 is 2.84 bits per heavy atom. The molecule has 0 bridgehead atoms. The number of benzene rings is 1. The zero-order valence-electron chi connectivity index (χ0n) is 13.8. The van der Waals surface area contributed by atoms with Crippen LogP contribution in [0, 0.1) is 0 Å². The van der Waals surface area contributed by atoms with Gasteiger partial charge in [-0.1, -0.05) is 6.08 Å². The number of hydrogen-bond acceptors (Lipinski definition) is 7. The van der Waals surface area contributed by atoms with Crippen LogP contribution in [0.5, 0.6) is 11.5 Å². The first-order chi connectivity index (χ1) is 12.0. The predicted octanol–water partition coefficient (Wildman–Crippen LogP) is 1.67. The number of ketones is 1. The minimum atomic E-state index is -0.829. The van der Waals surface area contributed by atoms with E-state index in [0.29, 0.717) is 17.7 Å². The average molecular weight is 348 g/mol. The summed E-state index contributed by atoms with van der Waals surface area (Å²) in [6.07, 6.45) is 1.98. The maximum Gasteiger partial charge on any atom is 0.342 e. The Labute approximate surface area is 144 Å². The second kappa shape index (κ2) is 7.25. The van der Waals surface area contributed by atoms with E-state index in [1.165, 1.54) is 19.3 Å². The van der Waals surface area contributed by atoms with Gasteiger partial charge in [0, 0.05) is 24.5 Å². The SMILES string of the molecule is COc1cc(O)c2c(c1)[C@H]1O[C@@H]1C[C@H](O)CC(=O)/C=C\CCOC2=O. The van der Waals surface area contributed by atoms with E-state index in [-0.39, 0.29) is 42.6 Å². The number of aliphatic hydroxyl groups excluding tert-OH is 1. The van der Waals surface area contributed by atoms with Crippen LogP contribution < -0.4 is 4.74 Å². The van der Waals surface area contributed by atoms with Crippen molar-refractivity contribution in [3.8, 4) is 11.5 Å². The summed E-state index contributed by atoms with van der Waals surface area (Å²) in [5, 5.41) is 20.3. The molecule has 2 aliphatic heterocycles. The second-order valence-corrected chi connectivity index (χ2v) is 6.09. The number of cyclic esters (lactones) is 1. The molecule has 1 fully saturated rings. The minimum absolute atomic E-state index is 0.0130. The van der Waals surface area contributed by atoms with Gasteiger partial charge in [0.2, 0.25) is 0 Å². The van der Waals surface area contributed by atoms with Gasteiger partial charge in [-0.15, -0.1) is 0 Å². The molecule has 1 aromatic rings. The van der Waals surface area contributed by atoms with Crippen LogP contribution in [0.25, 0.3) is 0 Å². The molecule has 0 spiro atoms. The van der Waals surface area contributed by atoms with Gasteiger partial charge >= 0.3 is 5.97 Å². The number of hydrogen-bond donors (Lipinski definition) is 2. The van der Waals surface area contributed by atoms with Gasteiger partial charge < -0.3 is 24.4 Å². The third-order valence-corrected chi connectivity index (χ3v) is 4.21. The van der Waals surface area contributed by atoms with E-state index in [9.17, 15) is 19.8 Å². The standard InChI is InChI=1S/C18H20O7/c1-23-12-8-13-16(14(21)9-12)18(22)24-5-3-2-4-10(19)6-11(20)7-15-17(13)25-15/h2,4,8-9,11,15,17,20-21H,3,5-7H2,1H3/b4-2-/t11-,15-,17-/m1/s1. The van der Waals surface area contributed by atoms with Gasteiger partial charge in [-0.05, 0) is 18.6 Å². The van der Waals surface area contributed by atoms with E-state index in [4.69, 9.17) is 14.2 Å². The molecule has 0 amide bonds. The molecule has 3 atom stereocenters. The number of carbonyl (C=O) groups excluding carboxylic acids is 2. The summed E-state index contributed by atoms with van der Waals surface area (Å²) in [6.45, 7) is 0.0744. The van der Waals surface area contributed by atoms with Crippen LogP contribution in [-0.4, -0.2) is 47.9 Å². The van der Waals surface area contributed by atoms with Crippen LogP contribution in [-0.2, 0) is 14.3 Å². The summed E-state index contributed by atoms with van der Waals surface area (Å²) in [5.74, 6) is -0.709. The molecular weight excluding hydrogens is 328 g/mol. The maximum absolute atomic E-state index is 12.4. The van der Waals surface area contributed by atoms with Crippen LogP contribution >= 0.6 is 0 Å². The molecule has 2 N–H and O–H groups in total.